The van der Waals surface area contributed by atoms with Crippen LogP contribution in [0.5, 0.6) is 0 Å². The maximum atomic E-state index is 14.5. The lowest BCUT2D eigenvalue weighted by Gasteiger charge is -2.35. The lowest BCUT2D eigenvalue weighted by molar-refractivity contribution is 0.102. The molecule has 0 aliphatic carbocycles. The predicted octanol–water partition coefficient (Wildman–Crippen LogP) is 3.43. The van der Waals surface area contributed by atoms with E-state index in [4.69, 9.17) is 10.2 Å². The Labute approximate surface area is 149 Å². The van der Waals surface area contributed by atoms with Crippen LogP contribution in [-0.4, -0.2) is 22.6 Å². The number of amidine groups is 1. The molecule has 1 aromatic heterocycles. The summed E-state index contributed by atoms with van der Waals surface area (Å²) in [5.41, 5.74) is 7.07. The van der Waals surface area contributed by atoms with Crippen LogP contribution in [0.1, 0.15) is 41.7 Å². The van der Waals surface area contributed by atoms with E-state index in [-0.39, 0.29) is 11.5 Å². The van der Waals surface area contributed by atoms with Crippen molar-refractivity contribution >= 4 is 28.5 Å². The Hall–Kier alpha value is -2.35. The molecule has 3 rings (SSSR count). The lowest BCUT2D eigenvalue weighted by atomic mass is 9.91. The van der Waals surface area contributed by atoms with Crippen LogP contribution >= 0.6 is 11.8 Å². The first-order valence-electron chi connectivity index (χ1n) is 7.96. The van der Waals surface area contributed by atoms with Gasteiger partial charge in [-0.15, -0.1) is 0 Å². The number of aryl methyl sites for hydroxylation is 1. The topological polar surface area (TPSA) is 93.5 Å². The Bertz CT molecular complexity index is 836. The van der Waals surface area contributed by atoms with Gasteiger partial charge in [-0.3, -0.25) is 9.79 Å². The number of nitrogens with zero attached hydrogens (tertiary/aromatic N) is 2. The fourth-order valence-corrected chi connectivity index (χ4v) is 4.03. The molecule has 2 heterocycles. The Balaban J connectivity index is 1.90. The highest BCUT2D eigenvalue weighted by atomic mass is 32.2. The van der Waals surface area contributed by atoms with E-state index in [1.807, 2.05) is 6.92 Å². The summed E-state index contributed by atoms with van der Waals surface area (Å²) in [5.74, 6) is -0.320. The van der Waals surface area contributed by atoms with E-state index in [9.17, 15) is 9.18 Å². The van der Waals surface area contributed by atoms with Crippen LogP contribution in [0.3, 0.4) is 0 Å². The van der Waals surface area contributed by atoms with Crippen LogP contribution in [0, 0.1) is 12.7 Å². The normalized spacial score (nSPS) is 20.2. The van der Waals surface area contributed by atoms with Gasteiger partial charge in [-0.25, -0.2) is 9.37 Å². The summed E-state index contributed by atoms with van der Waals surface area (Å²) >= 11 is 1.38. The van der Waals surface area contributed by atoms with Crippen molar-refractivity contribution in [2.24, 2.45) is 10.7 Å². The molecular weight excluding hydrogens is 343 g/mol. The largest absolute Gasteiger partial charge is 0.448 e. The number of benzene rings is 1. The zero-order valence-corrected chi connectivity index (χ0v) is 14.8. The number of hydrogen-bond acceptors (Lipinski definition) is 6. The molecule has 0 saturated carbocycles. The molecule has 1 aliphatic rings. The third-order valence-corrected chi connectivity index (χ3v) is 5.66. The third-order valence-electron chi connectivity index (χ3n) is 4.22. The Kier molecular flexibility index (Phi) is 4.80. The smallest absolute Gasteiger partial charge is 0.277 e. The number of amides is 1. The van der Waals surface area contributed by atoms with Gasteiger partial charge < -0.3 is 15.5 Å². The van der Waals surface area contributed by atoms with Gasteiger partial charge in [0.2, 0.25) is 0 Å². The standard InChI is InChI=1S/C17H19FN4O2S/c1-3-17(6-7-20-16(19)25-17)12-8-11(4-5-13(12)18)22-15(23)14-9-24-10(2)21-14/h4-5,8-9H,3,6-7H2,1-2H3,(H2,19,20)(H,22,23)/t17-/m0/s1. The first-order chi connectivity index (χ1) is 11.9. The summed E-state index contributed by atoms with van der Waals surface area (Å²) in [7, 11) is 0. The molecule has 0 fully saturated rings. The summed E-state index contributed by atoms with van der Waals surface area (Å²) in [5, 5.41) is 3.19. The minimum absolute atomic E-state index is 0.178. The first kappa shape index (κ1) is 17.5. The molecule has 1 amide bonds. The summed E-state index contributed by atoms with van der Waals surface area (Å²) in [6.45, 7) is 4.21. The number of carbonyl (C=O) groups is 1. The summed E-state index contributed by atoms with van der Waals surface area (Å²) < 4.78 is 19.1. The predicted molar refractivity (Wildman–Crippen MR) is 96.3 cm³/mol. The number of aromatic nitrogens is 1. The zero-order valence-electron chi connectivity index (χ0n) is 14.0. The van der Waals surface area contributed by atoms with E-state index in [0.29, 0.717) is 41.7 Å². The fourth-order valence-electron chi connectivity index (χ4n) is 2.87. The SMILES string of the molecule is CC[C@@]1(c2cc(NC(=O)c3coc(C)n3)ccc2F)CCN=C(N)S1. The number of anilines is 1. The number of rotatable bonds is 4. The highest BCUT2D eigenvalue weighted by Gasteiger charge is 2.37. The number of halogens is 1. The van der Waals surface area contributed by atoms with E-state index in [0.717, 1.165) is 0 Å². The monoisotopic (exact) mass is 362 g/mol. The van der Waals surface area contributed by atoms with Crippen LogP contribution in [-0.2, 0) is 4.75 Å². The highest BCUT2D eigenvalue weighted by Crippen LogP contribution is 2.46. The number of hydrogen-bond donors (Lipinski definition) is 2. The molecule has 8 heteroatoms. The number of oxazole rings is 1. The molecule has 1 aliphatic heterocycles. The molecule has 6 nitrogen and oxygen atoms in total. The molecule has 1 atom stereocenters. The molecule has 0 unspecified atom stereocenters. The molecule has 2 aromatic rings. The van der Waals surface area contributed by atoms with Crippen molar-refractivity contribution in [2.45, 2.75) is 31.4 Å². The van der Waals surface area contributed by atoms with Gasteiger partial charge in [0.1, 0.15) is 12.1 Å². The molecular formula is C17H19FN4O2S. The molecule has 0 radical (unpaired) electrons. The Morgan fingerprint density at radius 1 is 1.52 bits per heavy atom. The van der Waals surface area contributed by atoms with E-state index in [1.165, 1.54) is 30.2 Å². The van der Waals surface area contributed by atoms with Gasteiger partial charge in [-0.05, 0) is 31.0 Å². The number of aliphatic imine (C=N–C) groups is 1. The number of nitrogens with one attached hydrogen (secondary N) is 1. The van der Waals surface area contributed by atoms with E-state index in [1.54, 1.807) is 13.0 Å². The van der Waals surface area contributed by atoms with Crippen molar-refractivity contribution in [1.82, 2.24) is 4.98 Å². The second-order valence-electron chi connectivity index (χ2n) is 5.82. The average Bonchev–Trinajstić information content (AvgIpc) is 3.03. The molecule has 1 aromatic carbocycles. The van der Waals surface area contributed by atoms with Crippen molar-refractivity contribution in [2.75, 3.05) is 11.9 Å². The van der Waals surface area contributed by atoms with Crippen molar-refractivity contribution in [3.05, 3.63) is 47.4 Å². The molecule has 3 N–H and O–H groups in total. The Morgan fingerprint density at radius 2 is 2.32 bits per heavy atom. The van der Waals surface area contributed by atoms with Crippen LogP contribution in [0.2, 0.25) is 0 Å². The van der Waals surface area contributed by atoms with Crippen LogP contribution in [0.15, 0.2) is 33.9 Å². The minimum atomic E-state index is -0.485. The Morgan fingerprint density at radius 3 is 2.96 bits per heavy atom. The number of carbonyl (C=O) groups excluding carboxylic acids is 1. The van der Waals surface area contributed by atoms with Crippen molar-refractivity contribution in [3.8, 4) is 0 Å². The van der Waals surface area contributed by atoms with E-state index < -0.39 is 10.7 Å². The molecule has 132 valence electrons. The average molecular weight is 362 g/mol. The summed E-state index contributed by atoms with van der Waals surface area (Å²) in [6, 6.07) is 4.55. The molecule has 25 heavy (non-hydrogen) atoms. The maximum absolute atomic E-state index is 14.5. The van der Waals surface area contributed by atoms with Gasteiger partial charge in [-0.1, -0.05) is 18.7 Å². The third kappa shape index (κ3) is 3.53. The maximum Gasteiger partial charge on any atom is 0.277 e. The summed E-state index contributed by atoms with van der Waals surface area (Å²) in [6.07, 6.45) is 2.67. The van der Waals surface area contributed by atoms with Gasteiger partial charge >= 0.3 is 0 Å². The fraction of sp³-hybridized carbons (Fsp3) is 0.353. The summed E-state index contributed by atoms with van der Waals surface area (Å²) in [4.78, 5) is 20.4. The van der Waals surface area contributed by atoms with Crippen LogP contribution in [0.25, 0.3) is 0 Å². The highest BCUT2D eigenvalue weighted by molar-refractivity contribution is 8.14. The van der Waals surface area contributed by atoms with Crippen molar-refractivity contribution < 1.29 is 13.6 Å². The van der Waals surface area contributed by atoms with Gasteiger partial charge in [0, 0.05) is 24.7 Å². The number of nitrogens with two attached hydrogens (primary N) is 1. The first-order valence-corrected chi connectivity index (χ1v) is 8.77. The van der Waals surface area contributed by atoms with Crippen molar-refractivity contribution in [1.29, 1.82) is 0 Å². The van der Waals surface area contributed by atoms with Crippen LogP contribution < -0.4 is 11.1 Å². The van der Waals surface area contributed by atoms with E-state index >= 15 is 0 Å². The second kappa shape index (κ2) is 6.87. The number of thioether (sulfide) groups is 1. The zero-order chi connectivity index (χ0) is 18.0. The van der Waals surface area contributed by atoms with E-state index in [2.05, 4.69) is 15.3 Å². The quantitative estimate of drug-likeness (QED) is 0.869. The second-order valence-corrected chi connectivity index (χ2v) is 7.22. The van der Waals surface area contributed by atoms with Gasteiger partial charge in [0.25, 0.3) is 5.91 Å². The molecule has 0 saturated heterocycles. The van der Waals surface area contributed by atoms with Gasteiger partial charge in [0.15, 0.2) is 16.8 Å². The molecule has 0 bridgehead atoms. The van der Waals surface area contributed by atoms with Gasteiger partial charge in [-0.2, -0.15) is 0 Å². The minimum Gasteiger partial charge on any atom is -0.448 e. The van der Waals surface area contributed by atoms with Gasteiger partial charge in [0.05, 0.1) is 4.75 Å². The van der Waals surface area contributed by atoms with Crippen LogP contribution in [0.4, 0.5) is 10.1 Å². The van der Waals surface area contributed by atoms with Crippen molar-refractivity contribution in [3.63, 3.8) is 0 Å². The molecule has 0 spiro atoms. The lowest BCUT2D eigenvalue weighted by Crippen LogP contribution is -2.31.